The maximum Gasteiger partial charge on any atom is 0.260 e. The fourth-order valence-electron chi connectivity index (χ4n) is 3.82. The van der Waals surface area contributed by atoms with Gasteiger partial charge in [-0.1, -0.05) is 43.9 Å². The van der Waals surface area contributed by atoms with Crippen molar-refractivity contribution in [3.63, 3.8) is 0 Å². The zero-order valence-electron chi connectivity index (χ0n) is 14.6. The van der Waals surface area contributed by atoms with Gasteiger partial charge in [0.15, 0.2) is 6.61 Å². The van der Waals surface area contributed by atoms with Gasteiger partial charge >= 0.3 is 0 Å². The molecular formula is C20H30N2O2. The van der Waals surface area contributed by atoms with Crippen LogP contribution in [0.4, 0.5) is 0 Å². The number of ether oxygens (including phenoxy) is 1. The Labute approximate surface area is 145 Å². The first-order chi connectivity index (χ1) is 11.8. The molecule has 4 heteroatoms. The molecule has 2 aliphatic rings. The lowest BCUT2D eigenvalue weighted by molar-refractivity contribution is -0.132. The molecule has 0 unspecified atom stereocenters. The van der Waals surface area contributed by atoms with E-state index in [9.17, 15) is 4.79 Å². The van der Waals surface area contributed by atoms with Gasteiger partial charge in [0.25, 0.3) is 5.91 Å². The number of hydrogen-bond acceptors (Lipinski definition) is 3. The van der Waals surface area contributed by atoms with Crippen LogP contribution < -0.4 is 10.1 Å². The second-order valence-electron chi connectivity index (χ2n) is 7.10. The molecule has 1 amide bonds. The van der Waals surface area contributed by atoms with Gasteiger partial charge in [-0.05, 0) is 37.8 Å². The first-order valence-corrected chi connectivity index (χ1v) is 9.52. The lowest BCUT2D eigenvalue weighted by Gasteiger charge is -2.17. The Morgan fingerprint density at radius 3 is 2.67 bits per heavy atom. The van der Waals surface area contributed by atoms with Crippen molar-refractivity contribution in [3.05, 3.63) is 29.8 Å². The fraction of sp³-hybridized carbons (Fsp3) is 0.650. The first kappa shape index (κ1) is 17.3. The molecule has 0 spiro atoms. The van der Waals surface area contributed by atoms with Gasteiger partial charge in [-0.2, -0.15) is 0 Å². The number of amides is 1. The van der Waals surface area contributed by atoms with Crippen LogP contribution in [0, 0.1) is 5.92 Å². The van der Waals surface area contributed by atoms with Crippen LogP contribution in [0.1, 0.15) is 50.5 Å². The quantitative estimate of drug-likeness (QED) is 0.743. The summed E-state index contributed by atoms with van der Waals surface area (Å²) >= 11 is 0. The van der Waals surface area contributed by atoms with Gasteiger partial charge in [-0.15, -0.1) is 0 Å². The highest BCUT2D eigenvalue weighted by Crippen LogP contribution is 2.27. The Morgan fingerprint density at radius 2 is 1.88 bits per heavy atom. The minimum Gasteiger partial charge on any atom is -0.483 e. The van der Waals surface area contributed by atoms with Crippen LogP contribution in [-0.4, -0.2) is 37.0 Å². The van der Waals surface area contributed by atoms with Crippen LogP contribution in [0.5, 0.6) is 5.75 Å². The summed E-state index contributed by atoms with van der Waals surface area (Å²) in [5, 5.41) is 3.54. The summed E-state index contributed by atoms with van der Waals surface area (Å²) in [6, 6.07) is 8.05. The molecule has 1 aliphatic heterocycles. The molecule has 1 saturated heterocycles. The van der Waals surface area contributed by atoms with E-state index in [1.165, 1.54) is 32.1 Å². The molecule has 2 fully saturated rings. The predicted molar refractivity (Wildman–Crippen MR) is 96.0 cm³/mol. The minimum atomic E-state index is 0.108. The summed E-state index contributed by atoms with van der Waals surface area (Å²) in [6.45, 7) is 3.78. The molecule has 0 bridgehead atoms. The number of carbonyl (C=O) groups is 1. The smallest absolute Gasteiger partial charge is 0.260 e. The van der Waals surface area contributed by atoms with Crippen molar-refractivity contribution in [1.82, 2.24) is 10.2 Å². The second-order valence-corrected chi connectivity index (χ2v) is 7.10. The SMILES string of the molecule is O=C(COc1ccccc1CNCCC1CCCC1)N1CCCC1. The van der Waals surface area contributed by atoms with Crippen molar-refractivity contribution in [2.75, 3.05) is 26.2 Å². The summed E-state index contributed by atoms with van der Waals surface area (Å²) in [7, 11) is 0. The van der Waals surface area contributed by atoms with E-state index in [-0.39, 0.29) is 12.5 Å². The molecule has 1 saturated carbocycles. The van der Waals surface area contributed by atoms with E-state index >= 15 is 0 Å². The number of nitrogens with one attached hydrogen (secondary N) is 1. The molecule has 24 heavy (non-hydrogen) atoms. The van der Waals surface area contributed by atoms with E-state index < -0.39 is 0 Å². The number of rotatable bonds is 8. The molecule has 1 aliphatic carbocycles. The molecule has 1 aromatic carbocycles. The van der Waals surface area contributed by atoms with Crippen LogP contribution in [0.2, 0.25) is 0 Å². The summed E-state index contributed by atoms with van der Waals surface area (Å²) < 4.78 is 5.81. The largest absolute Gasteiger partial charge is 0.483 e. The first-order valence-electron chi connectivity index (χ1n) is 9.52. The average molecular weight is 330 g/mol. The number of carbonyl (C=O) groups excluding carboxylic acids is 1. The van der Waals surface area contributed by atoms with Gasteiger partial charge in [0.2, 0.25) is 0 Å². The third kappa shape index (κ3) is 4.97. The van der Waals surface area contributed by atoms with Crippen molar-refractivity contribution in [3.8, 4) is 5.75 Å². The average Bonchev–Trinajstić information content (AvgIpc) is 3.31. The summed E-state index contributed by atoms with van der Waals surface area (Å²) in [5.74, 6) is 1.86. The molecule has 1 aromatic rings. The Kier molecular flexibility index (Phi) is 6.53. The zero-order valence-corrected chi connectivity index (χ0v) is 14.6. The Hall–Kier alpha value is -1.55. The lowest BCUT2D eigenvalue weighted by Crippen LogP contribution is -2.32. The Morgan fingerprint density at radius 1 is 1.12 bits per heavy atom. The van der Waals surface area contributed by atoms with Crippen LogP contribution in [-0.2, 0) is 11.3 Å². The highest BCUT2D eigenvalue weighted by Gasteiger charge is 2.18. The topological polar surface area (TPSA) is 41.6 Å². The minimum absolute atomic E-state index is 0.108. The molecule has 0 atom stereocenters. The Bertz CT molecular complexity index is 520. The van der Waals surface area contributed by atoms with Crippen LogP contribution in [0.25, 0.3) is 0 Å². The van der Waals surface area contributed by atoms with Crippen LogP contribution in [0.15, 0.2) is 24.3 Å². The summed E-state index contributed by atoms with van der Waals surface area (Å²) in [4.78, 5) is 14.0. The third-order valence-corrected chi connectivity index (χ3v) is 5.30. The normalized spacial score (nSPS) is 18.2. The number of hydrogen-bond donors (Lipinski definition) is 1. The fourth-order valence-corrected chi connectivity index (χ4v) is 3.82. The van der Waals surface area contributed by atoms with Crippen molar-refractivity contribution in [2.45, 2.75) is 51.5 Å². The van der Waals surface area contributed by atoms with Crippen molar-refractivity contribution in [1.29, 1.82) is 0 Å². The van der Waals surface area contributed by atoms with E-state index in [0.717, 1.165) is 56.3 Å². The van der Waals surface area contributed by atoms with Gasteiger partial charge in [0.1, 0.15) is 5.75 Å². The second kappa shape index (κ2) is 9.07. The zero-order chi connectivity index (χ0) is 16.6. The summed E-state index contributed by atoms with van der Waals surface area (Å²) in [6.07, 6.45) is 9.13. The van der Waals surface area contributed by atoms with E-state index in [0.29, 0.717) is 0 Å². The van der Waals surface area contributed by atoms with Crippen LogP contribution >= 0.6 is 0 Å². The molecule has 0 radical (unpaired) electrons. The standard InChI is InChI=1S/C20H30N2O2/c23-20(22-13-5-6-14-22)16-24-19-10-4-3-9-18(19)15-21-12-11-17-7-1-2-8-17/h3-4,9-10,17,21H,1-2,5-8,11-16H2. The van der Waals surface area contributed by atoms with Crippen LogP contribution in [0.3, 0.4) is 0 Å². The molecule has 3 rings (SSSR count). The van der Waals surface area contributed by atoms with Gasteiger partial charge in [-0.25, -0.2) is 0 Å². The Balaban J connectivity index is 1.42. The highest BCUT2D eigenvalue weighted by atomic mass is 16.5. The molecule has 4 nitrogen and oxygen atoms in total. The highest BCUT2D eigenvalue weighted by molar-refractivity contribution is 5.78. The molecule has 1 heterocycles. The van der Waals surface area contributed by atoms with E-state index in [1.54, 1.807) is 0 Å². The number of benzene rings is 1. The van der Waals surface area contributed by atoms with Crippen molar-refractivity contribution < 1.29 is 9.53 Å². The van der Waals surface area contributed by atoms with Gasteiger partial charge in [0, 0.05) is 25.2 Å². The van der Waals surface area contributed by atoms with E-state index in [1.807, 2.05) is 23.1 Å². The molecular weight excluding hydrogens is 300 g/mol. The maximum absolute atomic E-state index is 12.1. The van der Waals surface area contributed by atoms with Gasteiger partial charge in [0.05, 0.1) is 0 Å². The van der Waals surface area contributed by atoms with Gasteiger partial charge < -0.3 is 15.0 Å². The number of nitrogens with zero attached hydrogens (tertiary/aromatic N) is 1. The number of para-hydroxylation sites is 1. The third-order valence-electron chi connectivity index (χ3n) is 5.30. The summed E-state index contributed by atoms with van der Waals surface area (Å²) in [5.41, 5.74) is 1.14. The van der Waals surface area contributed by atoms with Gasteiger partial charge in [-0.3, -0.25) is 4.79 Å². The number of likely N-dealkylation sites (tertiary alicyclic amines) is 1. The van der Waals surface area contributed by atoms with E-state index in [2.05, 4.69) is 11.4 Å². The predicted octanol–water partition coefficient (Wildman–Crippen LogP) is 3.36. The molecule has 1 N–H and O–H groups in total. The van der Waals surface area contributed by atoms with Crippen molar-refractivity contribution in [2.24, 2.45) is 5.92 Å². The molecule has 132 valence electrons. The lowest BCUT2D eigenvalue weighted by atomic mass is 10.0. The monoisotopic (exact) mass is 330 g/mol. The van der Waals surface area contributed by atoms with E-state index in [4.69, 9.17) is 4.74 Å². The van der Waals surface area contributed by atoms with Crippen molar-refractivity contribution >= 4 is 5.91 Å². The molecule has 0 aromatic heterocycles. The maximum atomic E-state index is 12.1.